The Labute approximate surface area is 110 Å². The quantitative estimate of drug-likeness (QED) is 0.799. The van der Waals surface area contributed by atoms with Crippen LogP contribution >= 0.6 is 0 Å². The molecule has 1 aliphatic carbocycles. The van der Waals surface area contributed by atoms with Crippen molar-refractivity contribution < 1.29 is 4.74 Å². The summed E-state index contributed by atoms with van der Waals surface area (Å²) in [6.07, 6.45) is 5.14. The molecule has 0 bridgehead atoms. The lowest BCUT2D eigenvalue weighted by molar-refractivity contribution is 0.340. The molecule has 0 spiro atoms. The van der Waals surface area contributed by atoms with E-state index in [0.717, 1.165) is 23.0 Å². The van der Waals surface area contributed by atoms with E-state index in [4.69, 9.17) is 10.5 Å². The SMILES string of the molecule is CCOc1cc(N)cc(NC2CCC(C)CC2)c1. The van der Waals surface area contributed by atoms with E-state index in [0.29, 0.717) is 12.6 Å². The average Bonchev–Trinajstić information content (AvgIpc) is 2.32. The van der Waals surface area contributed by atoms with E-state index in [-0.39, 0.29) is 0 Å². The second-order valence-electron chi connectivity index (χ2n) is 5.32. The summed E-state index contributed by atoms with van der Waals surface area (Å²) in [5, 5.41) is 3.58. The maximum atomic E-state index is 5.90. The van der Waals surface area contributed by atoms with Crippen LogP contribution in [-0.4, -0.2) is 12.6 Å². The molecule has 3 nitrogen and oxygen atoms in total. The highest BCUT2D eigenvalue weighted by Crippen LogP contribution is 2.28. The van der Waals surface area contributed by atoms with Crippen molar-refractivity contribution >= 4 is 11.4 Å². The normalized spacial score (nSPS) is 23.7. The summed E-state index contributed by atoms with van der Waals surface area (Å²) in [7, 11) is 0. The van der Waals surface area contributed by atoms with Crippen LogP contribution in [0.15, 0.2) is 18.2 Å². The minimum atomic E-state index is 0.581. The van der Waals surface area contributed by atoms with Gasteiger partial charge in [0.2, 0.25) is 0 Å². The van der Waals surface area contributed by atoms with Crippen molar-refractivity contribution in [3.63, 3.8) is 0 Å². The van der Waals surface area contributed by atoms with Crippen LogP contribution in [0.1, 0.15) is 39.5 Å². The van der Waals surface area contributed by atoms with Gasteiger partial charge in [-0.2, -0.15) is 0 Å². The van der Waals surface area contributed by atoms with Crippen LogP contribution in [0.5, 0.6) is 5.75 Å². The summed E-state index contributed by atoms with van der Waals surface area (Å²) in [6.45, 7) is 4.99. The van der Waals surface area contributed by atoms with Crippen molar-refractivity contribution in [1.29, 1.82) is 0 Å². The fourth-order valence-electron chi connectivity index (χ4n) is 2.60. The van der Waals surface area contributed by atoms with Gasteiger partial charge >= 0.3 is 0 Å². The smallest absolute Gasteiger partial charge is 0.123 e. The number of hydrogen-bond acceptors (Lipinski definition) is 3. The first kappa shape index (κ1) is 13.1. The zero-order valence-electron chi connectivity index (χ0n) is 11.4. The molecule has 0 amide bonds. The van der Waals surface area contributed by atoms with Crippen molar-refractivity contribution in [2.45, 2.75) is 45.6 Å². The first-order valence-corrected chi connectivity index (χ1v) is 6.97. The van der Waals surface area contributed by atoms with E-state index in [1.54, 1.807) is 0 Å². The number of nitrogens with one attached hydrogen (secondary N) is 1. The van der Waals surface area contributed by atoms with Gasteiger partial charge in [0.1, 0.15) is 5.75 Å². The number of hydrogen-bond donors (Lipinski definition) is 2. The van der Waals surface area contributed by atoms with Gasteiger partial charge in [-0.15, -0.1) is 0 Å². The highest BCUT2D eigenvalue weighted by Gasteiger charge is 2.18. The van der Waals surface area contributed by atoms with Crippen LogP contribution in [-0.2, 0) is 0 Å². The van der Waals surface area contributed by atoms with Crippen LogP contribution in [0.4, 0.5) is 11.4 Å². The van der Waals surface area contributed by atoms with Gasteiger partial charge in [-0.25, -0.2) is 0 Å². The number of benzene rings is 1. The zero-order valence-corrected chi connectivity index (χ0v) is 11.4. The number of nitrogen functional groups attached to an aromatic ring is 1. The number of ether oxygens (including phenoxy) is 1. The highest BCUT2D eigenvalue weighted by atomic mass is 16.5. The second-order valence-corrected chi connectivity index (χ2v) is 5.32. The van der Waals surface area contributed by atoms with E-state index in [9.17, 15) is 0 Å². The minimum absolute atomic E-state index is 0.581. The van der Waals surface area contributed by atoms with Crippen molar-refractivity contribution in [3.8, 4) is 5.75 Å². The van der Waals surface area contributed by atoms with Crippen LogP contribution in [0.2, 0.25) is 0 Å². The van der Waals surface area contributed by atoms with E-state index < -0.39 is 0 Å². The van der Waals surface area contributed by atoms with Gasteiger partial charge in [0.15, 0.2) is 0 Å². The van der Waals surface area contributed by atoms with Gasteiger partial charge in [-0.05, 0) is 44.6 Å². The molecule has 18 heavy (non-hydrogen) atoms. The fraction of sp³-hybridized carbons (Fsp3) is 0.600. The molecule has 0 saturated heterocycles. The molecule has 0 aromatic heterocycles. The number of rotatable bonds is 4. The standard InChI is InChI=1S/C15H24N2O/c1-3-18-15-9-12(16)8-14(10-15)17-13-6-4-11(2)5-7-13/h8-11,13,17H,3-7,16H2,1-2H3. The van der Waals surface area contributed by atoms with Crippen LogP contribution in [0.3, 0.4) is 0 Å². The van der Waals surface area contributed by atoms with E-state index in [1.807, 2.05) is 25.1 Å². The van der Waals surface area contributed by atoms with Gasteiger partial charge in [-0.1, -0.05) is 6.92 Å². The fourth-order valence-corrected chi connectivity index (χ4v) is 2.60. The second kappa shape index (κ2) is 5.98. The molecule has 100 valence electrons. The Morgan fingerprint density at radius 3 is 2.61 bits per heavy atom. The zero-order chi connectivity index (χ0) is 13.0. The summed E-state index contributed by atoms with van der Waals surface area (Å²) in [5.74, 6) is 1.73. The predicted molar refractivity (Wildman–Crippen MR) is 77.1 cm³/mol. The van der Waals surface area contributed by atoms with Gasteiger partial charge in [0.25, 0.3) is 0 Å². The third kappa shape index (κ3) is 3.56. The third-order valence-electron chi connectivity index (χ3n) is 3.63. The van der Waals surface area contributed by atoms with Crippen LogP contribution in [0.25, 0.3) is 0 Å². The van der Waals surface area contributed by atoms with Crippen molar-refractivity contribution in [1.82, 2.24) is 0 Å². The molecule has 3 N–H and O–H groups in total. The molecule has 1 aromatic carbocycles. The van der Waals surface area contributed by atoms with E-state index in [1.165, 1.54) is 25.7 Å². The lowest BCUT2D eigenvalue weighted by atomic mass is 9.87. The molecule has 1 saturated carbocycles. The number of nitrogens with two attached hydrogens (primary N) is 1. The summed E-state index contributed by atoms with van der Waals surface area (Å²) >= 11 is 0. The molecule has 0 atom stereocenters. The molecule has 3 heteroatoms. The topological polar surface area (TPSA) is 47.3 Å². The Kier molecular flexibility index (Phi) is 4.34. The average molecular weight is 248 g/mol. The van der Waals surface area contributed by atoms with Gasteiger partial charge < -0.3 is 15.8 Å². The largest absolute Gasteiger partial charge is 0.494 e. The molecule has 1 fully saturated rings. The molecule has 1 aromatic rings. The Balaban J connectivity index is 2.00. The van der Waals surface area contributed by atoms with Gasteiger partial charge in [-0.3, -0.25) is 0 Å². The highest BCUT2D eigenvalue weighted by molar-refractivity contribution is 5.59. The lowest BCUT2D eigenvalue weighted by Gasteiger charge is -2.28. The molecule has 1 aliphatic rings. The lowest BCUT2D eigenvalue weighted by Crippen LogP contribution is -2.25. The molecular formula is C15H24N2O. The molecular weight excluding hydrogens is 224 g/mol. The minimum Gasteiger partial charge on any atom is -0.494 e. The number of anilines is 2. The van der Waals surface area contributed by atoms with Crippen LogP contribution in [0, 0.1) is 5.92 Å². The van der Waals surface area contributed by atoms with Gasteiger partial charge in [0.05, 0.1) is 6.61 Å². The van der Waals surface area contributed by atoms with Crippen molar-refractivity contribution in [3.05, 3.63) is 18.2 Å². The van der Waals surface area contributed by atoms with Crippen molar-refractivity contribution in [2.75, 3.05) is 17.7 Å². The van der Waals surface area contributed by atoms with Crippen LogP contribution < -0.4 is 15.8 Å². The predicted octanol–water partition coefficient (Wildman–Crippen LogP) is 3.66. The third-order valence-corrected chi connectivity index (χ3v) is 3.63. The monoisotopic (exact) mass is 248 g/mol. The van der Waals surface area contributed by atoms with Crippen molar-refractivity contribution in [2.24, 2.45) is 5.92 Å². The Bertz CT molecular complexity index is 384. The molecule has 2 rings (SSSR count). The van der Waals surface area contributed by atoms with E-state index in [2.05, 4.69) is 12.2 Å². The first-order chi connectivity index (χ1) is 8.67. The Morgan fingerprint density at radius 2 is 1.94 bits per heavy atom. The summed E-state index contributed by atoms with van der Waals surface area (Å²) in [4.78, 5) is 0. The summed E-state index contributed by atoms with van der Waals surface area (Å²) in [5.41, 5.74) is 7.74. The Hall–Kier alpha value is -1.38. The summed E-state index contributed by atoms with van der Waals surface area (Å²) in [6, 6.07) is 6.48. The van der Waals surface area contributed by atoms with E-state index >= 15 is 0 Å². The van der Waals surface area contributed by atoms with Gasteiger partial charge in [0, 0.05) is 29.5 Å². The molecule has 0 radical (unpaired) electrons. The maximum absolute atomic E-state index is 5.90. The summed E-state index contributed by atoms with van der Waals surface area (Å²) < 4.78 is 5.51. The Morgan fingerprint density at radius 1 is 1.22 bits per heavy atom. The molecule has 0 heterocycles. The molecule has 0 unspecified atom stereocenters. The maximum Gasteiger partial charge on any atom is 0.123 e. The first-order valence-electron chi connectivity index (χ1n) is 6.97. The molecule has 0 aliphatic heterocycles.